The van der Waals surface area contributed by atoms with Crippen LogP contribution in [0.5, 0.6) is 11.5 Å². The summed E-state index contributed by atoms with van der Waals surface area (Å²) in [4.78, 5) is 12.9. The summed E-state index contributed by atoms with van der Waals surface area (Å²) >= 11 is 1.39. The lowest BCUT2D eigenvalue weighted by Gasteiger charge is -2.26. The van der Waals surface area contributed by atoms with E-state index in [0.29, 0.717) is 35.4 Å². The van der Waals surface area contributed by atoms with Crippen LogP contribution in [0.25, 0.3) is 0 Å². The van der Waals surface area contributed by atoms with Crippen molar-refractivity contribution >= 4 is 17.5 Å². The maximum absolute atomic E-state index is 12.9. The number of aryl methyl sites for hydroxylation is 1. The molecule has 1 aliphatic rings. The van der Waals surface area contributed by atoms with E-state index in [1.54, 1.807) is 6.08 Å². The Morgan fingerprint density at radius 3 is 2.68 bits per heavy atom. The molecule has 1 aliphatic heterocycles. The van der Waals surface area contributed by atoms with Crippen molar-refractivity contribution in [2.75, 3.05) is 6.61 Å². The Morgan fingerprint density at radius 1 is 1.23 bits per heavy atom. The first-order chi connectivity index (χ1) is 15.1. The summed E-state index contributed by atoms with van der Waals surface area (Å²) < 4.78 is 13.9. The number of nitrogens with zero attached hydrogens (tertiary/aromatic N) is 3. The summed E-state index contributed by atoms with van der Waals surface area (Å²) in [6.07, 6.45) is 2.35. The smallest absolute Gasteiger partial charge is 0.192 e. The number of ketones is 1. The molecule has 0 radical (unpaired) electrons. The van der Waals surface area contributed by atoms with Crippen LogP contribution in [0.2, 0.25) is 0 Å². The Morgan fingerprint density at radius 2 is 1.97 bits per heavy atom. The van der Waals surface area contributed by atoms with E-state index in [1.807, 2.05) is 60.0 Å². The highest BCUT2D eigenvalue weighted by Gasteiger charge is 2.29. The molecule has 2 heterocycles. The van der Waals surface area contributed by atoms with E-state index < -0.39 is 0 Å². The van der Waals surface area contributed by atoms with Gasteiger partial charge in [-0.3, -0.25) is 9.36 Å². The van der Waals surface area contributed by atoms with E-state index in [9.17, 15) is 4.79 Å². The number of allylic oxidation sites excluding steroid dienone is 1. The largest absolute Gasteiger partial charge is 0.485 e. The Labute approximate surface area is 186 Å². The predicted molar refractivity (Wildman–Crippen MR) is 121 cm³/mol. The Bertz CT molecular complexity index is 1080. The average Bonchev–Trinajstić information content (AvgIpc) is 3.20. The van der Waals surface area contributed by atoms with Crippen molar-refractivity contribution < 1.29 is 14.3 Å². The molecule has 0 bridgehead atoms. The fourth-order valence-electron chi connectivity index (χ4n) is 3.42. The number of fused-ring (bicyclic) bond motifs is 1. The Kier molecular flexibility index (Phi) is 6.42. The van der Waals surface area contributed by atoms with E-state index in [-0.39, 0.29) is 17.1 Å². The van der Waals surface area contributed by atoms with Gasteiger partial charge in [0.15, 0.2) is 34.4 Å². The van der Waals surface area contributed by atoms with Crippen molar-refractivity contribution in [3.8, 4) is 11.5 Å². The van der Waals surface area contributed by atoms with E-state index >= 15 is 0 Å². The molecule has 0 aliphatic carbocycles. The first kappa shape index (κ1) is 21.2. The molecule has 0 spiro atoms. The number of hydrogen-bond donors (Lipinski definition) is 0. The lowest BCUT2D eigenvalue weighted by Crippen LogP contribution is -2.25. The third-order valence-electron chi connectivity index (χ3n) is 5.15. The summed E-state index contributed by atoms with van der Waals surface area (Å²) in [6, 6.07) is 15.3. The van der Waals surface area contributed by atoms with Gasteiger partial charge in [-0.05, 0) is 31.0 Å². The van der Waals surface area contributed by atoms with Crippen LogP contribution in [0.15, 0.2) is 66.3 Å². The molecule has 6 nitrogen and oxygen atoms in total. The molecule has 0 amide bonds. The molecular formula is C24H25N3O3S. The number of thioether (sulfide) groups is 1. The first-order valence-electron chi connectivity index (χ1n) is 10.3. The highest BCUT2D eigenvalue weighted by Crippen LogP contribution is 2.36. The Balaban J connectivity index is 1.53. The Hall–Kier alpha value is -3.06. The molecule has 7 heteroatoms. The molecule has 31 heavy (non-hydrogen) atoms. The lowest BCUT2D eigenvalue weighted by atomic mass is 10.1. The number of Topliss-reactive ketones (excluding diaryl/α,β-unsaturated/α-hetero) is 1. The molecule has 4 rings (SSSR count). The van der Waals surface area contributed by atoms with Crippen molar-refractivity contribution in [1.82, 2.24) is 14.8 Å². The molecule has 0 saturated heterocycles. The van der Waals surface area contributed by atoms with Gasteiger partial charge in [0.1, 0.15) is 6.61 Å². The van der Waals surface area contributed by atoms with Gasteiger partial charge < -0.3 is 9.47 Å². The van der Waals surface area contributed by atoms with Crippen LogP contribution in [0.3, 0.4) is 0 Å². The molecule has 0 saturated carbocycles. The van der Waals surface area contributed by atoms with Gasteiger partial charge in [0.2, 0.25) is 0 Å². The zero-order valence-corrected chi connectivity index (χ0v) is 18.5. The van der Waals surface area contributed by atoms with Crippen LogP contribution in [0.1, 0.15) is 41.7 Å². The summed E-state index contributed by atoms with van der Waals surface area (Å²) in [5.41, 5.74) is 1.91. The fraction of sp³-hybridized carbons (Fsp3) is 0.292. The highest BCUT2D eigenvalue weighted by atomic mass is 32.2. The van der Waals surface area contributed by atoms with Gasteiger partial charge in [-0.15, -0.1) is 16.8 Å². The van der Waals surface area contributed by atoms with E-state index in [1.165, 1.54) is 17.3 Å². The summed E-state index contributed by atoms with van der Waals surface area (Å²) in [7, 11) is 0. The zero-order valence-electron chi connectivity index (χ0n) is 17.7. The molecule has 3 aromatic rings. The van der Waals surface area contributed by atoms with Gasteiger partial charge in [0.05, 0.1) is 5.25 Å². The average molecular weight is 436 g/mol. The van der Waals surface area contributed by atoms with E-state index in [0.717, 1.165) is 12.2 Å². The minimum Gasteiger partial charge on any atom is -0.485 e. The van der Waals surface area contributed by atoms with Crippen LogP contribution < -0.4 is 9.47 Å². The third kappa shape index (κ3) is 4.51. The van der Waals surface area contributed by atoms with Gasteiger partial charge in [0, 0.05) is 12.1 Å². The highest BCUT2D eigenvalue weighted by molar-refractivity contribution is 8.00. The molecule has 0 fully saturated rings. The van der Waals surface area contributed by atoms with Crippen LogP contribution in [0, 0.1) is 0 Å². The van der Waals surface area contributed by atoms with Crippen molar-refractivity contribution in [2.45, 2.75) is 43.3 Å². The number of para-hydroxylation sites is 2. The molecule has 160 valence electrons. The molecule has 2 aromatic carbocycles. The fourth-order valence-corrected chi connectivity index (χ4v) is 4.37. The van der Waals surface area contributed by atoms with Crippen molar-refractivity contribution in [2.24, 2.45) is 0 Å². The van der Waals surface area contributed by atoms with E-state index in [2.05, 4.69) is 23.7 Å². The summed E-state index contributed by atoms with van der Waals surface area (Å²) in [6.45, 7) is 8.70. The topological polar surface area (TPSA) is 66.2 Å². The van der Waals surface area contributed by atoms with Crippen molar-refractivity contribution in [1.29, 1.82) is 0 Å². The number of ether oxygens (including phenoxy) is 2. The first-order valence-corrected chi connectivity index (χ1v) is 11.2. The standard InChI is InChI=1S/C24H25N3O3S/c1-4-14-27-23(21-15-29-19-8-6-7-9-20(19)30-21)25-26-24(27)31-16(3)22(28)18-12-10-17(5-2)11-13-18/h4,6-13,16,21H,1,5,14-15H2,2-3H3. The number of hydrogen-bond acceptors (Lipinski definition) is 6. The lowest BCUT2D eigenvalue weighted by molar-refractivity contribution is 0.0821. The van der Waals surface area contributed by atoms with Gasteiger partial charge >= 0.3 is 0 Å². The number of carbonyl (C=O) groups is 1. The zero-order chi connectivity index (χ0) is 21.8. The second-order valence-electron chi connectivity index (χ2n) is 7.28. The van der Waals surface area contributed by atoms with Crippen molar-refractivity contribution in [3.63, 3.8) is 0 Å². The summed E-state index contributed by atoms with van der Waals surface area (Å²) in [5.74, 6) is 2.12. The van der Waals surface area contributed by atoms with E-state index in [4.69, 9.17) is 9.47 Å². The van der Waals surface area contributed by atoms with Gasteiger partial charge in [-0.1, -0.05) is 61.2 Å². The van der Waals surface area contributed by atoms with Gasteiger partial charge in [-0.2, -0.15) is 0 Å². The summed E-state index contributed by atoms with van der Waals surface area (Å²) in [5, 5.41) is 9.06. The van der Waals surface area contributed by atoms with Crippen LogP contribution in [-0.2, 0) is 13.0 Å². The molecule has 2 unspecified atom stereocenters. The SMILES string of the molecule is C=CCn1c(SC(C)C(=O)c2ccc(CC)cc2)nnc1C1COc2ccccc2O1. The quantitative estimate of drug-likeness (QED) is 0.285. The normalized spacial score (nSPS) is 16.0. The predicted octanol–water partition coefficient (Wildman–Crippen LogP) is 4.90. The van der Waals surface area contributed by atoms with Gasteiger partial charge in [0.25, 0.3) is 0 Å². The van der Waals surface area contributed by atoms with Crippen LogP contribution in [-0.4, -0.2) is 32.4 Å². The monoisotopic (exact) mass is 435 g/mol. The number of carbonyl (C=O) groups excluding carboxylic acids is 1. The molecular weight excluding hydrogens is 410 g/mol. The maximum atomic E-state index is 12.9. The minimum absolute atomic E-state index is 0.0635. The second kappa shape index (κ2) is 9.39. The number of aromatic nitrogens is 3. The minimum atomic E-state index is -0.385. The van der Waals surface area contributed by atoms with Crippen LogP contribution >= 0.6 is 11.8 Å². The molecule has 2 atom stereocenters. The van der Waals surface area contributed by atoms with Crippen molar-refractivity contribution in [3.05, 3.63) is 78.1 Å². The van der Waals surface area contributed by atoms with Gasteiger partial charge in [-0.25, -0.2) is 0 Å². The third-order valence-corrected chi connectivity index (χ3v) is 6.23. The number of benzene rings is 2. The maximum Gasteiger partial charge on any atom is 0.192 e. The number of rotatable bonds is 8. The second-order valence-corrected chi connectivity index (χ2v) is 8.59. The molecule has 1 aromatic heterocycles. The van der Waals surface area contributed by atoms with Crippen LogP contribution in [0.4, 0.5) is 0 Å². The molecule has 0 N–H and O–H groups in total.